The summed E-state index contributed by atoms with van der Waals surface area (Å²) >= 11 is 0. The number of rotatable bonds is 1. The molecule has 2 rings (SSSR count). The molecule has 0 bridgehead atoms. The van der Waals surface area contributed by atoms with Crippen LogP contribution in [-0.4, -0.2) is 4.98 Å². The van der Waals surface area contributed by atoms with E-state index >= 15 is 0 Å². The normalized spacial score (nSPS) is 14.3. The number of hydrogen-bond donors (Lipinski definition) is 2. The van der Waals surface area contributed by atoms with Crippen LogP contribution in [0, 0.1) is 0 Å². The van der Waals surface area contributed by atoms with Crippen molar-refractivity contribution in [2.75, 3.05) is 0 Å². The summed E-state index contributed by atoms with van der Waals surface area (Å²) < 4.78 is 37.5. The zero-order valence-electron chi connectivity index (χ0n) is 8.60. The first-order valence-corrected chi connectivity index (χ1v) is 4.84. The number of aromatic nitrogens is 1. The van der Waals surface area contributed by atoms with Gasteiger partial charge in [-0.1, -0.05) is 12.1 Å². The molecule has 5 heteroatoms. The number of fused-ring (bicyclic) bond motifs is 1. The molecule has 1 heterocycles. The fourth-order valence-electron chi connectivity index (χ4n) is 1.73. The molecule has 0 aliphatic heterocycles. The number of H-pyrrole nitrogens is 1. The maximum atomic E-state index is 12.5. The highest BCUT2D eigenvalue weighted by atomic mass is 19.4. The van der Waals surface area contributed by atoms with Crippen molar-refractivity contribution < 1.29 is 13.2 Å². The van der Waals surface area contributed by atoms with Crippen molar-refractivity contribution in [2.24, 2.45) is 5.73 Å². The van der Waals surface area contributed by atoms with Crippen LogP contribution < -0.4 is 5.73 Å². The third-order valence-electron chi connectivity index (χ3n) is 2.49. The molecule has 2 nitrogen and oxygen atoms in total. The molecule has 0 aliphatic carbocycles. The van der Waals surface area contributed by atoms with Crippen molar-refractivity contribution in [2.45, 2.75) is 19.1 Å². The molecule has 0 saturated heterocycles. The van der Waals surface area contributed by atoms with E-state index in [2.05, 4.69) is 4.98 Å². The quantitative estimate of drug-likeness (QED) is 0.773. The van der Waals surface area contributed by atoms with Crippen LogP contribution in [0.25, 0.3) is 10.9 Å². The Kier molecular flexibility index (Phi) is 2.42. The SMILES string of the molecule is CC(N)c1cccc2[nH]c(C(F)(F)F)cc12. The third kappa shape index (κ3) is 1.78. The summed E-state index contributed by atoms with van der Waals surface area (Å²) in [4.78, 5) is 2.35. The zero-order chi connectivity index (χ0) is 11.9. The smallest absolute Gasteiger partial charge is 0.351 e. The summed E-state index contributed by atoms with van der Waals surface area (Å²) in [5.41, 5.74) is 6.14. The van der Waals surface area contributed by atoms with Gasteiger partial charge in [0, 0.05) is 16.9 Å². The van der Waals surface area contributed by atoms with E-state index in [1.807, 2.05) is 0 Å². The van der Waals surface area contributed by atoms with E-state index in [1.165, 1.54) is 0 Å². The van der Waals surface area contributed by atoms with Crippen LogP contribution in [0.1, 0.15) is 24.2 Å². The van der Waals surface area contributed by atoms with E-state index in [-0.39, 0.29) is 6.04 Å². The average molecular weight is 228 g/mol. The standard InChI is InChI=1S/C11H11F3N2/c1-6(15)7-3-2-4-9-8(7)5-10(16-9)11(12,13)14/h2-6,16H,15H2,1H3. The van der Waals surface area contributed by atoms with Crippen LogP contribution in [0.3, 0.4) is 0 Å². The lowest BCUT2D eigenvalue weighted by Crippen LogP contribution is -2.05. The molecular formula is C11H11F3N2. The van der Waals surface area contributed by atoms with Gasteiger partial charge in [0.2, 0.25) is 0 Å². The maximum absolute atomic E-state index is 12.5. The highest BCUT2D eigenvalue weighted by Gasteiger charge is 2.32. The predicted octanol–water partition coefficient (Wildman–Crippen LogP) is 3.21. The topological polar surface area (TPSA) is 41.8 Å². The molecule has 1 unspecified atom stereocenters. The van der Waals surface area contributed by atoms with Crippen molar-refractivity contribution in [1.82, 2.24) is 4.98 Å². The molecule has 1 aromatic carbocycles. The second-order valence-electron chi connectivity index (χ2n) is 3.78. The molecule has 1 atom stereocenters. The van der Waals surface area contributed by atoms with Crippen LogP contribution in [0.5, 0.6) is 0 Å². The molecule has 1 aromatic heterocycles. The van der Waals surface area contributed by atoms with Crippen LogP contribution >= 0.6 is 0 Å². The third-order valence-corrected chi connectivity index (χ3v) is 2.49. The first-order valence-electron chi connectivity index (χ1n) is 4.84. The molecule has 3 N–H and O–H groups in total. The zero-order valence-corrected chi connectivity index (χ0v) is 8.60. The number of halogens is 3. The number of hydrogen-bond acceptors (Lipinski definition) is 1. The van der Waals surface area contributed by atoms with E-state index in [4.69, 9.17) is 5.73 Å². The largest absolute Gasteiger partial charge is 0.431 e. The molecule has 16 heavy (non-hydrogen) atoms. The maximum Gasteiger partial charge on any atom is 0.431 e. The van der Waals surface area contributed by atoms with Gasteiger partial charge in [0.15, 0.2) is 0 Å². The second kappa shape index (κ2) is 3.52. The predicted molar refractivity (Wildman–Crippen MR) is 55.9 cm³/mol. The van der Waals surface area contributed by atoms with Gasteiger partial charge in [0.05, 0.1) is 0 Å². The summed E-state index contributed by atoms with van der Waals surface area (Å²) in [6.45, 7) is 1.75. The molecule has 0 fully saturated rings. The molecule has 0 saturated carbocycles. The number of nitrogens with two attached hydrogens (primary N) is 1. The summed E-state index contributed by atoms with van der Waals surface area (Å²) in [5, 5.41) is 0.532. The fourth-order valence-corrected chi connectivity index (χ4v) is 1.73. The van der Waals surface area contributed by atoms with Crippen LogP contribution in [-0.2, 0) is 6.18 Å². The van der Waals surface area contributed by atoms with Crippen molar-refractivity contribution >= 4 is 10.9 Å². The number of benzene rings is 1. The van der Waals surface area contributed by atoms with Gasteiger partial charge in [0.1, 0.15) is 5.69 Å². The Bertz CT molecular complexity index is 511. The lowest BCUT2D eigenvalue weighted by atomic mass is 10.0. The van der Waals surface area contributed by atoms with Crippen LogP contribution in [0.2, 0.25) is 0 Å². The van der Waals surface area contributed by atoms with Crippen molar-refractivity contribution in [3.63, 3.8) is 0 Å². The van der Waals surface area contributed by atoms with E-state index in [0.29, 0.717) is 16.5 Å². The highest BCUT2D eigenvalue weighted by Crippen LogP contribution is 2.33. The Balaban J connectivity index is 2.66. The van der Waals surface area contributed by atoms with Gasteiger partial charge in [-0.05, 0) is 24.6 Å². The molecule has 0 radical (unpaired) electrons. The molecule has 86 valence electrons. The van der Waals surface area contributed by atoms with Gasteiger partial charge in [0.25, 0.3) is 0 Å². The van der Waals surface area contributed by atoms with E-state index in [9.17, 15) is 13.2 Å². The van der Waals surface area contributed by atoms with Crippen LogP contribution in [0.4, 0.5) is 13.2 Å². The Morgan fingerprint density at radius 1 is 1.31 bits per heavy atom. The second-order valence-corrected chi connectivity index (χ2v) is 3.78. The Morgan fingerprint density at radius 3 is 2.56 bits per heavy atom. The number of alkyl halides is 3. The minimum absolute atomic E-state index is 0.291. The monoisotopic (exact) mass is 228 g/mol. The molecule has 0 aliphatic rings. The fraction of sp³-hybridized carbons (Fsp3) is 0.273. The van der Waals surface area contributed by atoms with Gasteiger partial charge in [-0.15, -0.1) is 0 Å². The van der Waals surface area contributed by atoms with E-state index < -0.39 is 11.9 Å². The minimum atomic E-state index is -4.35. The number of aromatic amines is 1. The summed E-state index contributed by atoms with van der Waals surface area (Å²) in [5.74, 6) is 0. The van der Waals surface area contributed by atoms with Gasteiger partial charge >= 0.3 is 6.18 Å². The first kappa shape index (κ1) is 11.0. The molecule has 0 spiro atoms. The van der Waals surface area contributed by atoms with Gasteiger partial charge < -0.3 is 10.7 Å². The van der Waals surface area contributed by atoms with E-state index in [1.54, 1.807) is 25.1 Å². The van der Waals surface area contributed by atoms with Crippen LogP contribution in [0.15, 0.2) is 24.3 Å². The van der Waals surface area contributed by atoms with Gasteiger partial charge in [-0.3, -0.25) is 0 Å². The Labute approximate surface area is 90.3 Å². The van der Waals surface area contributed by atoms with Gasteiger partial charge in [-0.25, -0.2) is 0 Å². The highest BCUT2D eigenvalue weighted by molar-refractivity contribution is 5.84. The summed E-state index contributed by atoms with van der Waals surface area (Å²) in [6, 6.07) is 5.85. The van der Waals surface area contributed by atoms with Gasteiger partial charge in [-0.2, -0.15) is 13.2 Å². The lowest BCUT2D eigenvalue weighted by molar-refractivity contribution is -0.140. The Morgan fingerprint density at radius 2 is 2.00 bits per heavy atom. The molecule has 0 amide bonds. The van der Waals surface area contributed by atoms with Crippen molar-refractivity contribution in [1.29, 1.82) is 0 Å². The molecule has 2 aromatic rings. The average Bonchev–Trinajstić information content (AvgIpc) is 2.59. The minimum Gasteiger partial charge on any atom is -0.351 e. The Hall–Kier alpha value is -1.49. The summed E-state index contributed by atoms with van der Waals surface area (Å²) in [7, 11) is 0. The van der Waals surface area contributed by atoms with Crippen molar-refractivity contribution in [3.05, 3.63) is 35.5 Å². The lowest BCUT2D eigenvalue weighted by Gasteiger charge is -2.06. The van der Waals surface area contributed by atoms with Crippen molar-refractivity contribution in [3.8, 4) is 0 Å². The first-order chi connectivity index (χ1) is 7.39. The molecular weight excluding hydrogens is 217 g/mol. The summed E-state index contributed by atoms with van der Waals surface area (Å²) in [6.07, 6.45) is -4.35. The van der Waals surface area contributed by atoms with E-state index in [0.717, 1.165) is 6.07 Å². The number of nitrogens with one attached hydrogen (secondary N) is 1.